The van der Waals surface area contributed by atoms with E-state index in [0.717, 1.165) is 5.56 Å². The van der Waals surface area contributed by atoms with Gasteiger partial charge in [0.2, 0.25) is 0 Å². The summed E-state index contributed by atoms with van der Waals surface area (Å²) in [4.78, 5) is 20.7. The zero-order valence-corrected chi connectivity index (χ0v) is 21.0. The van der Waals surface area contributed by atoms with Gasteiger partial charge in [-0.2, -0.15) is 0 Å². The molecule has 0 saturated carbocycles. The van der Waals surface area contributed by atoms with Crippen LogP contribution in [0.2, 0.25) is 0 Å². The van der Waals surface area contributed by atoms with Crippen molar-refractivity contribution in [1.29, 1.82) is 0 Å². The standard InChI is InChI=1S/C8H6BrFO2.C8H7FO2.CCl4.BHNS/c9-4-5-1-2-6(8(11)12)7(10)3-5;1-5-2-3-6(8(10)11)7(9)4-5;2-1(3,4)5;1-2-3/h1-3H,4H2,(H,11,12);2-4H,1H3,(H,10,11);;3H. The summed E-state index contributed by atoms with van der Waals surface area (Å²) >= 11 is 25.6. The van der Waals surface area contributed by atoms with Crippen LogP contribution in [-0.4, -0.2) is 33.0 Å². The van der Waals surface area contributed by atoms with Gasteiger partial charge in [0.25, 0.3) is 3.25 Å². The van der Waals surface area contributed by atoms with Gasteiger partial charge in [0.15, 0.2) is 0 Å². The van der Waals surface area contributed by atoms with Crippen molar-refractivity contribution in [3.05, 3.63) is 70.3 Å². The van der Waals surface area contributed by atoms with Crippen LogP contribution in [0.25, 0.3) is 0 Å². The van der Waals surface area contributed by atoms with E-state index in [1.165, 1.54) is 24.3 Å². The SMILES string of the molecule is Cc1ccc(C(=O)O)c(F)c1.ClC(Cl)(Cl)Cl.O=C(O)c1ccc(CBr)cc1F.[B]=NS. The van der Waals surface area contributed by atoms with E-state index < -0.39 is 26.8 Å². The van der Waals surface area contributed by atoms with Gasteiger partial charge in [0, 0.05) is 5.33 Å². The number of thiol groups is 1. The molecule has 0 aliphatic heterocycles. The van der Waals surface area contributed by atoms with Crippen LogP contribution in [0.5, 0.6) is 0 Å². The molecular weight excluding hydrogens is 585 g/mol. The number of halogens is 7. The number of rotatable bonds is 3. The summed E-state index contributed by atoms with van der Waals surface area (Å²) in [6, 6.07) is 8.05. The first-order chi connectivity index (χ1) is 14.2. The minimum absolute atomic E-state index is 0.282. The van der Waals surface area contributed by atoms with E-state index in [4.69, 9.17) is 56.6 Å². The summed E-state index contributed by atoms with van der Waals surface area (Å²) < 4.78 is 26.7. The Bertz CT molecular complexity index is 886. The fourth-order valence-electron chi connectivity index (χ4n) is 1.61. The van der Waals surface area contributed by atoms with Crippen molar-refractivity contribution < 1.29 is 28.6 Å². The molecular formula is C17H14BBrCl4F2NO4S. The summed E-state index contributed by atoms with van der Waals surface area (Å²) in [6.45, 7) is 1.70. The third-order valence-electron chi connectivity index (χ3n) is 2.77. The van der Waals surface area contributed by atoms with Crippen molar-refractivity contribution in [3.63, 3.8) is 0 Å². The molecule has 1 radical (unpaired) electrons. The van der Waals surface area contributed by atoms with Gasteiger partial charge in [-0.15, -0.1) is 0 Å². The molecule has 0 amide bonds. The number of carboxylic acid groups (broad SMARTS) is 2. The van der Waals surface area contributed by atoms with Gasteiger partial charge in [-0.25, -0.2) is 18.4 Å². The van der Waals surface area contributed by atoms with Gasteiger partial charge >= 0.3 is 36.7 Å². The molecule has 5 nitrogen and oxygen atoms in total. The van der Waals surface area contributed by atoms with Crippen molar-refractivity contribution in [2.24, 2.45) is 4.30 Å². The van der Waals surface area contributed by atoms with Gasteiger partial charge in [-0.1, -0.05) is 74.5 Å². The van der Waals surface area contributed by atoms with Gasteiger partial charge in [0.1, 0.15) is 11.6 Å². The third-order valence-corrected chi connectivity index (χ3v) is 3.42. The molecule has 0 spiro atoms. The Morgan fingerprint density at radius 1 is 1.03 bits per heavy atom. The molecule has 0 unspecified atom stereocenters. The summed E-state index contributed by atoms with van der Waals surface area (Å²) in [6.07, 6.45) is 0. The Morgan fingerprint density at radius 3 is 1.68 bits per heavy atom. The van der Waals surface area contributed by atoms with Gasteiger partial charge in [0.05, 0.1) is 11.1 Å². The van der Waals surface area contributed by atoms with Gasteiger partial charge in [-0.3, -0.25) is 0 Å². The molecule has 0 saturated heterocycles. The van der Waals surface area contributed by atoms with E-state index in [2.05, 4.69) is 40.7 Å². The summed E-state index contributed by atoms with van der Waals surface area (Å²) in [5.74, 6) is -3.85. The van der Waals surface area contributed by atoms with E-state index in [1.54, 1.807) is 19.1 Å². The minimum atomic E-state index is -1.61. The van der Waals surface area contributed by atoms with Crippen molar-refractivity contribution in [2.45, 2.75) is 15.5 Å². The monoisotopic (exact) mass is 596 g/mol. The third kappa shape index (κ3) is 17.3. The number of aryl methyl sites for hydroxylation is 1. The zero-order chi connectivity index (χ0) is 24.8. The Morgan fingerprint density at radius 2 is 1.39 bits per heavy atom. The summed E-state index contributed by atoms with van der Waals surface area (Å²) in [7, 11) is 4.34. The first-order valence-corrected chi connectivity index (χ1v) is 10.6. The molecule has 2 rings (SSSR count). The van der Waals surface area contributed by atoms with Crippen molar-refractivity contribution in [1.82, 2.24) is 0 Å². The molecule has 2 aromatic rings. The van der Waals surface area contributed by atoms with Crippen LogP contribution in [0, 0.1) is 18.6 Å². The van der Waals surface area contributed by atoms with Crippen LogP contribution in [-0.2, 0) is 5.33 Å². The van der Waals surface area contributed by atoms with Crippen molar-refractivity contribution in [3.8, 4) is 0 Å². The van der Waals surface area contributed by atoms with Crippen molar-refractivity contribution in [2.75, 3.05) is 0 Å². The molecule has 0 heterocycles. The molecule has 2 N–H and O–H groups in total. The van der Waals surface area contributed by atoms with Crippen LogP contribution in [0.15, 0.2) is 40.7 Å². The van der Waals surface area contributed by atoms with E-state index in [0.29, 0.717) is 10.9 Å². The predicted molar refractivity (Wildman–Crippen MR) is 127 cm³/mol. The quantitative estimate of drug-likeness (QED) is 0.202. The molecule has 0 atom stereocenters. The van der Waals surface area contributed by atoms with Crippen LogP contribution in [0.3, 0.4) is 0 Å². The fraction of sp³-hybridized carbons (Fsp3) is 0.176. The van der Waals surface area contributed by atoms with E-state index in [-0.39, 0.29) is 11.1 Å². The number of benzene rings is 2. The zero-order valence-electron chi connectivity index (χ0n) is 15.5. The summed E-state index contributed by atoms with van der Waals surface area (Å²) in [5.41, 5.74) is 0.861. The van der Waals surface area contributed by atoms with Crippen LogP contribution >= 0.6 is 75.1 Å². The van der Waals surface area contributed by atoms with Gasteiger partial charge < -0.3 is 10.2 Å². The van der Waals surface area contributed by atoms with Crippen LogP contribution in [0.1, 0.15) is 31.8 Å². The van der Waals surface area contributed by atoms with E-state index >= 15 is 0 Å². The molecule has 0 fully saturated rings. The number of carbonyl (C=O) groups is 2. The number of hydrogen-bond acceptors (Lipinski definition) is 4. The normalized spacial score (nSPS) is 9.55. The fourth-order valence-corrected chi connectivity index (χ4v) is 1.96. The first-order valence-electron chi connectivity index (χ1n) is 7.54. The summed E-state index contributed by atoms with van der Waals surface area (Å²) in [5, 5.41) is 17.4. The predicted octanol–water partition coefficient (Wildman–Crippen LogP) is 6.99. The topological polar surface area (TPSA) is 87.0 Å². The molecule has 31 heavy (non-hydrogen) atoms. The molecule has 0 aliphatic rings. The number of nitrogens with zero attached hydrogens (tertiary/aromatic N) is 1. The number of hydrogen-bond donors (Lipinski definition) is 3. The Hall–Kier alpha value is -0.905. The molecule has 2 aromatic carbocycles. The average molecular weight is 599 g/mol. The second kappa shape index (κ2) is 16.7. The van der Waals surface area contributed by atoms with Crippen molar-refractivity contribution >= 4 is 94.7 Å². The molecule has 0 aromatic heterocycles. The maximum absolute atomic E-state index is 12.9. The van der Waals surface area contributed by atoms with E-state index in [9.17, 15) is 18.4 Å². The average Bonchev–Trinajstić information content (AvgIpc) is 2.60. The van der Waals surface area contributed by atoms with Crippen LogP contribution < -0.4 is 0 Å². The number of carboxylic acids is 2. The van der Waals surface area contributed by atoms with Crippen LogP contribution in [0.4, 0.5) is 8.78 Å². The second-order valence-electron chi connectivity index (χ2n) is 5.09. The Labute approximate surface area is 212 Å². The Balaban J connectivity index is 0. The Kier molecular flexibility index (Phi) is 17.4. The van der Waals surface area contributed by atoms with E-state index in [1.807, 2.05) is 0 Å². The maximum atomic E-state index is 12.9. The second-order valence-corrected chi connectivity index (χ2v) is 9.31. The molecule has 0 bridgehead atoms. The number of aromatic carboxylic acids is 2. The molecule has 0 aliphatic carbocycles. The molecule has 169 valence electrons. The van der Waals surface area contributed by atoms with Gasteiger partial charge in [-0.05, 0) is 42.3 Å². The number of alkyl halides is 5. The molecule has 14 heteroatoms. The first kappa shape index (κ1) is 32.3.